The van der Waals surface area contributed by atoms with Crippen molar-refractivity contribution >= 4 is 23.2 Å². The summed E-state index contributed by atoms with van der Waals surface area (Å²) in [7, 11) is 1.88. The number of likely N-dealkylation sites (N-methyl/N-ethyl adjacent to an activating group) is 1. The fourth-order valence-corrected chi connectivity index (χ4v) is 2.55. The molecule has 0 saturated heterocycles. The van der Waals surface area contributed by atoms with E-state index in [-0.39, 0.29) is 6.04 Å². The smallest absolute Gasteiger partial charge is 0.138 e. The SMILES string of the molecule is CCNC(Cc1ncnn1C)c1ccc(Cl)cc1Cl. The average molecular weight is 299 g/mol. The molecule has 1 aromatic heterocycles. The van der Waals surface area contributed by atoms with Crippen LogP contribution in [-0.4, -0.2) is 21.3 Å². The van der Waals surface area contributed by atoms with Crippen molar-refractivity contribution in [2.75, 3.05) is 6.54 Å². The van der Waals surface area contributed by atoms with Crippen LogP contribution in [0.3, 0.4) is 0 Å². The monoisotopic (exact) mass is 298 g/mol. The molecule has 0 saturated carbocycles. The van der Waals surface area contributed by atoms with Crippen molar-refractivity contribution in [1.82, 2.24) is 20.1 Å². The fraction of sp³-hybridized carbons (Fsp3) is 0.385. The van der Waals surface area contributed by atoms with Crippen LogP contribution in [0.1, 0.15) is 24.4 Å². The van der Waals surface area contributed by atoms with Crippen LogP contribution < -0.4 is 5.32 Å². The van der Waals surface area contributed by atoms with E-state index < -0.39 is 0 Å². The predicted molar refractivity (Wildman–Crippen MR) is 77.6 cm³/mol. The minimum Gasteiger partial charge on any atom is -0.310 e. The van der Waals surface area contributed by atoms with Gasteiger partial charge < -0.3 is 5.32 Å². The molecule has 1 heterocycles. The molecule has 102 valence electrons. The molecule has 0 amide bonds. The lowest BCUT2D eigenvalue weighted by molar-refractivity contribution is 0.522. The number of halogens is 2. The number of hydrogen-bond donors (Lipinski definition) is 1. The van der Waals surface area contributed by atoms with Gasteiger partial charge in [0.15, 0.2) is 0 Å². The molecule has 1 aromatic carbocycles. The van der Waals surface area contributed by atoms with E-state index >= 15 is 0 Å². The van der Waals surface area contributed by atoms with E-state index in [2.05, 4.69) is 22.3 Å². The summed E-state index contributed by atoms with van der Waals surface area (Å²) in [5.41, 5.74) is 1.02. The summed E-state index contributed by atoms with van der Waals surface area (Å²) in [4.78, 5) is 4.25. The van der Waals surface area contributed by atoms with E-state index in [4.69, 9.17) is 23.2 Å². The molecule has 0 aliphatic carbocycles. The summed E-state index contributed by atoms with van der Waals surface area (Å²) in [5, 5.41) is 8.81. The van der Waals surface area contributed by atoms with E-state index in [1.54, 1.807) is 17.1 Å². The van der Waals surface area contributed by atoms with Gasteiger partial charge in [0.1, 0.15) is 12.2 Å². The summed E-state index contributed by atoms with van der Waals surface area (Å²) >= 11 is 12.2. The first-order valence-electron chi connectivity index (χ1n) is 6.13. The molecule has 0 aliphatic rings. The Morgan fingerprint density at radius 3 is 2.74 bits per heavy atom. The van der Waals surface area contributed by atoms with Crippen molar-refractivity contribution in [3.63, 3.8) is 0 Å². The van der Waals surface area contributed by atoms with Crippen molar-refractivity contribution in [3.05, 3.63) is 46.0 Å². The Labute approximate surface area is 122 Å². The molecule has 0 spiro atoms. The van der Waals surface area contributed by atoms with Gasteiger partial charge >= 0.3 is 0 Å². The lowest BCUT2D eigenvalue weighted by Gasteiger charge is -2.19. The molecular weight excluding hydrogens is 283 g/mol. The van der Waals surface area contributed by atoms with E-state index in [0.29, 0.717) is 10.0 Å². The lowest BCUT2D eigenvalue weighted by Crippen LogP contribution is -2.24. The van der Waals surface area contributed by atoms with Crippen molar-refractivity contribution in [2.45, 2.75) is 19.4 Å². The lowest BCUT2D eigenvalue weighted by atomic mass is 10.0. The van der Waals surface area contributed by atoms with Gasteiger partial charge in [0, 0.05) is 29.6 Å². The maximum Gasteiger partial charge on any atom is 0.138 e. The van der Waals surface area contributed by atoms with Gasteiger partial charge in [-0.3, -0.25) is 4.68 Å². The highest BCUT2D eigenvalue weighted by molar-refractivity contribution is 6.35. The number of benzene rings is 1. The van der Waals surface area contributed by atoms with E-state index in [9.17, 15) is 0 Å². The summed E-state index contributed by atoms with van der Waals surface area (Å²) in [6.07, 6.45) is 2.29. The normalized spacial score (nSPS) is 12.6. The molecule has 19 heavy (non-hydrogen) atoms. The molecule has 1 N–H and O–H groups in total. The molecule has 4 nitrogen and oxygen atoms in total. The van der Waals surface area contributed by atoms with Gasteiger partial charge in [0.25, 0.3) is 0 Å². The highest BCUT2D eigenvalue weighted by Gasteiger charge is 2.17. The molecule has 2 aromatic rings. The average Bonchev–Trinajstić information content (AvgIpc) is 2.75. The Kier molecular flexibility index (Phi) is 4.80. The maximum atomic E-state index is 6.27. The molecule has 0 fully saturated rings. The fourth-order valence-electron chi connectivity index (χ4n) is 2.01. The summed E-state index contributed by atoms with van der Waals surface area (Å²) in [5.74, 6) is 0.914. The molecule has 0 aliphatic heterocycles. The zero-order valence-electron chi connectivity index (χ0n) is 10.9. The van der Waals surface area contributed by atoms with Crippen LogP contribution in [0.25, 0.3) is 0 Å². The van der Waals surface area contributed by atoms with Gasteiger partial charge in [0.2, 0.25) is 0 Å². The highest BCUT2D eigenvalue weighted by Crippen LogP contribution is 2.28. The van der Waals surface area contributed by atoms with Crippen LogP contribution in [0.15, 0.2) is 24.5 Å². The van der Waals surface area contributed by atoms with Crippen LogP contribution in [0, 0.1) is 0 Å². The third-order valence-corrected chi connectivity index (χ3v) is 3.54. The molecule has 1 atom stereocenters. The Morgan fingerprint density at radius 1 is 1.37 bits per heavy atom. The third-order valence-electron chi connectivity index (χ3n) is 2.98. The van der Waals surface area contributed by atoms with Crippen molar-refractivity contribution < 1.29 is 0 Å². The molecule has 2 rings (SSSR count). The first-order chi connectivity index (χ1) is 9.11. The van der Waals surface area contributed by atoms with Crippen LogP contribution in [0.5, 0.6) is 0 Å². The first-order valence-corrected chi connectivity index (χ1v) is 6.88. The Balaban J connectivity index is 2.27. The van der Waals surface area contributed by atoms with E-state index in [0.717, 1.165) is 24.4 Å². The number of aromatic nitrogens is 3. The second-order valence-corrected chi connectivity index (χ2v) is 5.12. The Bertz CT molecular complexity index is 553. The van der Waals surface area contributed by atoms with Crippen molar-refractivity contribution in [1.29, 1.82) is 0 Å². The number of nitrogens with one attached hydrogen (secondary N) is 1. The van der Waals surface area contributed by atoms with Crippen molar-refractivity contribution in [2.24, 2.45) is 7.05 Å². The van der Waals surface area contributed by atoms with Crippen LogP contribution in [-0.2, 0) is 13.5 Å². The van der Waals surface area contributed by atoms with Gasteiger partial charge in [0.05, 0.1) is 0 Å². The minimum absolute atomic E-state index is 0.0951. The summed E-state index contributed by atoms with van der Waals surface area (Å²) in [6, 6.07) is 5.66. The third kappa shape index (κ3) is 3.47. The summed E-state index contributed by atoms with van der Waals surface area (Å²) in [6.45, 7) is 2.91. The number of aryl methyl sites for hydroxylation is 1. The second kappa shape index (κ2) is 6.37. The Hall–Kier alpha value is -1.10. The largest absolute Gasteiger partial charge is 0.310 e. The van der Waals surface area contributed by atoms with Crippen LogP contribution in [0.4, 0.5) is 0 Å². The molecule has 6 heteroatoms. The number of rotatable bonds is 5. The topological polar surface area (TPSA) is 42.7 Å². The standard InChI is InChI=1S/C13H16Cl2N4/c1-3-16-12(7-13-17-8-18-19(13)2)10-5-4-9(14)6-11(10)15/h4-6,8,12,16H,3,7H2,1-2H3. The van der Waals surface area contributed by atoms with E-state index in [1.165, 1.54) is 0 Å². The van der Waals surface area contributed by atoms with Crippen LogP contribution >= 0.6 is 23.2 Å². The zero-order valence-corrected chi connectivity index (χ0v) is 12.4. The second-order valence-electron chi connectivity index (χ2n) is 4.28. The van der Waals surface area contributed by atoms with Gasteiger partial charge in [-0.2, -0.15) is 5.10 Å². The number of hydrogen-bond acceptors (Lipinski definition) is 3. The van der Waals surface area contributed by atoms with Gasteiger partial charge in [-0.05, 0) is 24.2 Å². The zero-order chi connectivity index (χ0) is 13.8. The van der Waals surface area contributed by atoms with Crippen LogP contribution in [0.2, 0.25) is 10.0 Å². The maximum absolute atomic E-state index is 6.27. The molecular formula is C13H16Cl2N4. The quantitative estimate of drug-likeness (QED) is 0.923. The molecule has 0 bridgehead atoms. The first kappa shape index (κ1) is 14.3. The highest BCUT2D eigenvalue weighted by atomic mass is 35.5. The van der Waals surface area contributed by atoms with Gasteiger partial charge in [-0.25, -0.2) is 4.98 Å². The Morgan fingerprint density at radius 2 is 2.16 bits per heavy atom. The molecule has 1 unspecified atom stereocenters. The van der Waals surface area contributed by atoms with Crippen molar-refractivity contribution in [3.8, 4) is 0 Å². The number of nitrogens with zero attached hydrogens (tertiary/aromatic N) is 3. The van der Waals surface area contributed by atoms with E-state index in [1.807, 2.05) is 19.2 Å². The predicted octanol–water partition coefficient (Wildman–Crippen LogP) is 3.02. The molecule has 0 radical (unpaired) electrons. The van der Waals surface area contributed by atoms with Gasteiger partial charge in [-0.1, -0.05) is 36.2 Å². The minimum atomic E-state index is 0.0951. The van der Waals surface area contributed by atoms with Gasteiger partial charge in [-0.15, -0.1) is 0 Å². The summed E-state index contributed by atoms with van der Waals surface area (Å²) < 4.78 is 1.77.